The van der Waals surface area contributed by atoms with Gasteiger partial charge in [0.1, 0.15) is 23.3 Å². The number of aliphatic carboxylic acids is 1. The van der Waals surface area contributed by atoms with E-state index in [4.69, 9.17) is 21.1 Å². The van der Waals surface area contributed by atoms with Crippen LogP contribution in [0.3, 0.4) is 0 Å². The number of nitriles is 1. The molecule has 0 spiro atoms. The van der Waals surface area contributed by atoms with Crippen molar-refractivity contribution < 1.29 is 24.2 Å². The van der Waals surface area contributed by atoms with Gasteiger partial charge >= 0.3 is 5.97 Å². The number of hydrogen-bond donors (Lipinski definition) is 1. The second-order valence-corrected chi connectivity index (χ2v) is 8.49. The Morgan fingerprint density at radius 3 is 2.53 bits per heavy atom. The highest BCUT2D eigenvalue weighted by molar-refractivity contribution is 6.30. The van der Waals surface area contributed by atoms with Gasteiger partial charge in [0, 0.05) is 28.6 Å². The predicted octanol–water partition coefficient (Wildman–Crippen LogP) is 6.16. The van der Waals surface area contributed by atoms with Crippen molar-refractivity contribution in [1.82, 2.24) is 0 Å². The molecule has 1 unspecified atom stereocenters. The maximum absolute atomic E-state index is 12.5. The van der Waals surface area contributed by atoms with Crippen LogP contribution < -0.4 is 9.47 Å². The number of nitrogens with zero attached hydrogens (tertiary/aromatic N) is 1. The summed E-state index contributed by atoms with van der Waals surface area (Å²) in [6, 6.07) is 19.5. The average molecular weight is 476 g/mol. The third-order valence-electron chi connectivity index (χ3n) is 5.76. The van der Waals surface area contributed by atoms with E-state index in [-0.39, 0.29) is 23.7 Å². The van der Waals surface area contributed by atoms with Gasteiger partial charge in [-0.25, -0.2) is 0 Å². The molecule has 34 heavy (non-hydrogen) atoms. The molecule has 0 aromatic heterocycles. The van der Waals surface area contributed by atoms with Crippen molar-refractivity contribution in [1.29, 1.82) is 5.26 Å². The first-order chi connectivity index (χ1) is 16.4. The summed E-state index contributed by atoms with van der Waals surface area (Å²) in [5.74, 6) is -0.486. The molecule has 172 valence electrons. The van der Waals surface area contributed by atoms with Gasteiger partial charge < -0.3 is 14.6 Å². The van der Waals surface area contributed by atoms with Gasteiger partial charge in [0.15, 0.2) is 5.78 Å². The highest BCUT2D eigenvalue weighted by Crippen LogP contribution is 2.39. The largest absolute Gasteiger partial charge is 0.493 e. The number of carboxylic acid groups (broad SMARTS) is 1. The summed E-state index contributed by atoms with van der Waals surface area (Å²) >= 11 is 5.90. The van der Waals surface area contributed by atoms with Crippen LogP contribution in [0.2, 0.25) is 5.02 Å². The Morgan fingerprint density at radius 1 is 1.12 bits per heavy atom. The Hall–Kier alpha value is -3.82. The smallest absolute Gasteiger partial charge is 0.311 e. The summed E-state index contributed by atoms with van der Waals surface area (Å²) in [7, 11) is 0. The lowest BCUT2D eigenvalue weighted by atomic mass is 9.91. The first kappa shape index (κ1) is 23.3. The Morgan fingerprint density at radius 2 is 1.85 bits per heavy atom. The normalized spacial score (nSPS) is 14.4. The number of carbonyl (C=O) groups is 2. The molecule has 1 atom stereocenters. The van der Waals surface area contributed by atoms with Crippen LogP contribution >= 0.6 is 11.6 Å². The van der Waals surface area contributed by atoms with Crippen molar-refractivity contribution in [2.24, 2.45) is 0 Å². The lowest BCUT2D eigenvalue weighted by Crippen LogP contribution is -2.21. The first-order valence-corrected chi connectivity index (χ1v) is 11.3. The predicted molar refractivity (Wildman–Crippen MR) is 127 cm³/mol. The molecule has 0 aliphatic carbocycles. The summed E-state index contributed by atoms with van der Waals surface area (Å²) in [6.45, 7) is 0.282. The van der Waals surface area contributed by atoms with Crippen molar-refractivity contribution >= 4 is 23.4 Å². The van der Waals surface area contributed by atoms with Gasteiger partial charge in [0.2, 0.25) is 0 Å². The fourth-order valence-electron chi connectivity index (χ4n) is 3.93. The molecule has 1 N–H and O–H groups in total. The number of aryl methyl sites for hydroxylation is 1. The number of fused-ring (bicyclic) bond motifs is 1. The van der Waals surface area contributed by atoms with Gasteiger partial charge in [-0.05, 0) is 67.3 Å². The van der Waals surface area contributed by atoms with Crippen LogP contribution in [-0.2, 0) is 11.2 Å². The summed E-state index contributed by atoms with van der Waals surface area (Å²) in [6.07, 6.45) is 2.30. The van der Waals surface area contributed by atoms with Gasteiger partial charge in [-0.1, -0.05) is 23.7 Å². The number of ether oxygens (including phenoxy) is 2. The zero-order valence-electron chi connectivity index (χ0n) is 18.3. The number of carboxylic acids is 1. The minimum absolute atomic E-state index is 0.0418. The van der Waals surface area contributed by atoms with E-state index in [1.165, 1.54) is 6.07 Å². The van der Waals surface area contributed by atoms with Crippen LogP contribution in [0, 0.1) is 11.3 Å². The van der Waals surface area contributed by atoms with Crippen LogP contribution in [0.4, 0.5) is 0 Å². The summed E-state index contributed by atoms with van der Waals surface area (Å²) in [4.78, 5) is 24.1. The molecule has 0 bridgehead atoms. The van der Waals surface area contributed by atoms with E-state index in [1.54, 1.807) is 30.3 Å². The van der Waals surface area contributed by atoms with E-state index in [0.29, 0.717) is 40.5 Å². The second-order valence-electron chi connectivity index (χ2n) is 8.06. The lowest BCUT2D eigenvalue weighted by Gasteiger charge is -2.24. The van der Waals surface area contributed by atoms with Crippen LogP contribution in [-0.4, -0.2) is 23.5 Å². The van der Waals surface area contributed by atoms with Gasteiger partial charge in [-0.15, -0.1) is 0 Å². The van der Waals surface area contributed by atoms with Gasteiger partial charge in [-0.3, -0.25) is 9.59 Å². The number of Topliss-reactive ketones (excluding diaryl/α,β-unsaturated/α-hetero) is 1. The third-order valence-corrected chi connectivity index (χ3v) is 6.01. The maximum Gasteiger partial charge on any atom is 0.311 e. The Balaban J connectivity index is 1.41. The van der Waals surface area contributed by atoms with Gasteiger partial charge in [0.05, 0.1) is 18.1 Å². The first-order valence-electron chi connectivity index (χ1n) is 10.9. The van der Waals surface area contributed by atoms with Crippen LogP contribution in [0.25, 0.3) is 0 Å². The molecule has 1 aliphatic heterocycles. The molecule has 0 fully saturated rings. The highest BCUT2D eigenvalue weighted by atomic mass is 35.5. The summed E-state index contributed by atoms with van der Waals surface area (Å²) in [5.41, 5.74) is 2.42. The lowest BCUT2D eigenvalue weighted by molar-refractivity contribution is -0.139. The van der Waals surface area contributed by atoms with Crippen LogP contribution in [0.1, 0.15) is 52.2 Å². The zero-order valence-corrected chi connectivity index (χ0v) is 19.0. The molecule has 1 heterocycles. The van der Waals surface area contributed by atoms with E-state index in [9.17, 15) is 20.0 Å². The molecule has 6 nitrogen and oxygen atoms in total. The standard InChI is InChI=1S/C27H22ClNO5/c28-20-8-4-17(5-9-20)2-1-3-24(30)18-6-10-21(11-7-18)34-25-15-26-23(14-19(25)16-29)22(27(31)32)12-13-33-26/h4-11,14-15,22H,1-3,12-13H2,(H,31,32). The summed E-state index contributed by atoms with van der Waals surface area (Å²) < 4.78 is 11.5. The molecule has 3 aromatic carbocycles. The molecule has 0 amide bonds. The minimum Gasteiger partial charge on any atom is -0.493 e. The number of rotatable bonds is 8. The van der Waals surface area contributed by atoms with Crippen molar-refractivity contribution in [2.75, 3.05) is 6.61 Å². The topological polar surface area (TPSA) is 96.6 Å². The fourth-order valence-corrected chi connectivity index (χ4v) is 4.06. The third kappa shape index (κ3) is 5.38. The molecular weight excluding hydrogens is 454 g/mol. The fraction of sp³-hybridized carbons (Fsp3) is 0.222. The average Bonchev–Trinajstić information content (AvgIpc) is 2.84. The number of halogens is 1. The monoisotopic (exact) mass is 475 g/mol. The number of ketones is 1. The van der Waals surface area contributed by atoms with Crippen LogP contribution in [0.15, 0.2) is 60.7 Å². The quantitative estimate of drug-likeness (QED) is 0.392. The number of hydrogen-bond acceptors (Lipinski definition) is 5. The molecule has 0 radical (unpaired) electrons. The van der Waals surface area contributed by atoms with Crippen LogP contribution in [0.5, 0.6) is 17.2 Å². The maximum atomic E-state index is 12.5. The van der Waals surface area contributed by atoms with E-state index in [0.717, 1.165) is 18.4 Å². The highest BCUT2D eigenvalue weighted by Gasteiger charge is 2.29. The van der Waals surface area contributed by atoms with Crippen molar-refractivity contribution in [3.05, 3.63) is 87.9 Å². The van der Waals surface area contributed by atoms with Crippen molar-refractivity contribution in [3.8, 4) is 23.3 Å². The van der Waals surface area contributed by atoms with Gasteiger partial charge in [-0.2, -0.15) is 5.26 Å². The van der Waals surface area contributed by atoms with E-state index in [2.05, 4.69) is 6.07 Å². The minimum atomic E-state index is -0.949. The number of benzene rings is 3. The molecule has 0 saturated heterocycles. The molecule has 4 rings (SSSR count). The van der Waals surface area contributed by atoms with Crippen molar-refractivity contribution in [2.45, 2.75) is 31.6 Å². The second kappa shape index (κ2) is 10.4. The van der Waals surface area contributed by atoms with E-state index >= 15 is 0 Å². The molecule has 3 aromatic rings. The van der Waals surface area contributed by atoms with Crippen molar-refractivity contribution in [3.63, 3.8) is 0 Å². The molecule has 7 heteroatoms. The Labute approximate surface area is 202 Å². The Bertz CT molecular complexity index is 1250. The molecule has 1 aliphatic rings. The molecular formula is C27H22ClNO5. The van der Waals surface area contributed by atoms with Gasteiger partial charge in [0.25, 0.3) is 0 Å². The SMILES string of the molecule is N#Cc1cc2c(cc1Oc1ccc(C(=O)CCCc3ccc(Cl)cc3)cc1)OCCC2C(=O)O. The number of carbonyl (C=O) groups excluding carboxylic acids is 1. The Kier molecular flexibility index (Phi) is 7.15. The van der Waals surface area contributed by atoms with E-state index in [1.807, 2.05) is 24.3 Å². The van der Waals surface area contributed by atoms with E-state index < -0.39 is 11.9 Å². The summed E-state index contributed by atoms with van der Waals surface area (Å²) in [5, 5.41) is 19.7. The zero-order chi connectivity index (χ0) is 24.1. The molecule has 0 saturated carbocycles.